The maximum Gasteiger partial charge on any atom is 0.231 e. The standard InChI is InChI=1S/C12H13ClFN3O2/c1-18-6-10(15)12-16-11(19-17-12)5-7-8(13)3-2-4-9(7)14/h2-4,10H,5-6,15H2,1H3. The van der Waals surface area contributed by atoms with Gasteiger partial charge in [-0.25, -0.2) is 4.39 Å². The Morgan fingerprint density at radius 1 is 1.53 bits per heavy atom. The van der Waals surface area contributed by atoms with Crippen LogP contribution in [0.4, 0.5) is 4.39 Å². The van der Waals surface area contributed by atoms with Crippen molar-refractivity contribution >= 4 is 11.6 Å². The van der Waals surface area contributed by atoms with Crippen LogP contribution in [0.15, 0.2) is 22.7 Å². The molecule has 102 valence electrons. The molecule has 2 aromatic rings. The summed E-state index contributed by atoms with van der Waals surface area (Å²) in [4.78, 5) is 4.10. The summed E-state index contributed by atoms with van der Waals surface area (Å²) in [6.07, 6.45) is 0.123. The molecule has 19 heavy (non-hydrogen) atoms. The van der Waals surface area contributed by atoms with Gasteiger partial charge in [0.1, 0.15) is 5.82 Å². The predicted octanol–water partition coefficient (Wildman–Crippen LogP) is 2.10. The van der Waals surface area contributed by atoms with Crippen molar-refractivity contribution in [1.29, 1.82) is 0 Å². The number of nitrogens with zero attached hydrogens (tertiary/aromatic N) is 2. The second-order valence-electron chi connectivity index (χ2n) is 3.99. The van der Waals surface area contributed by atoms with E-state index >= 15 is 0 Å². The minimum absolute atomic E-state index is 0.123. The van der Waals surface area contributed by atoms with Crippen molar-refractivity contribution in [3.05, 3.63) is 46.3 Å². The molecule has 0 aliphatic carbocycles. The minimum atomic E-state index is -0.474. The molecular formula is C12H13ClFN3O2. The van der Waals surface area contributed by atoms with Crippen molar-refractivity contribution < 1.29 is 13.7 Å². The van der Waals surface area contributed by atoms with E-state index in [1.54, 1.807) is 6.07 Å². The number of benzene rings is 1. The van der Waals surface area contributed by atoms with Gasteiger partial charge in [-0.3, -0.25) is 0 Å². The largest absolute Gasteiger partial charge is 0.383 e. The maximum absolute atomic E-state index is 13.6. The van der Waals surface area contributed by atoms with E-state index in [-0.39, 0.29) is 18.9 Å². The van der Waals surface area contributed by atoms with Crippen LogP contribution < -0.4 is 5.73 Å². The maximum atomic E-state index is 13.6. The number of nitrogens with two attached hydrogens (primary N) is 1. The fraction of sp³-hybridized carbons (Fsp3) is 0.333. The Morgan fingerprint density at radius 2 is 2.32 bits per heavy atom. The molecule has 0 aliphatic rings. The molecule has 1 heterocycles. The van der Waals surface area contributed by atoms with Crippen LogP contribution in [0.5, 0.6) is 0 Å². The number of aromatic nitrogens is 2. The average molecular weight is 286 g/mol. The third kappa shape index (κ3) is 3.28. The van der Waals surface area contributed by atoms with Gasteiger partial charge < -0.3 is 15.0 Å². The zero-order chi connectivity index (χ0) is 13.8. The summed E-state index contributed by atoms with van der Waals surface area (Å²) in [6, 6.07) is 4.00. The number of rotatable bonds is 5. The molecule has 1 atom stereocenters. The van der Waals surface area contributed by atoms with E-state index in [0.717, 1.165) is 0 Å². The fourth-order valence-electron chi connectivity index (χ4n) is 1.60. The van der Waals surface area contributed by atoms with E-state index in [1.807, 2.05) is 0 Å². The first-order valence-electron chi connectivity index (χ1n) is 5.61. The third-order valence-electron chi connectivity index (χ3n) is 2.55. The van der Waals surface area contributed by atoms with Gasteiger partial charge in [0.15, 0.2) is 5.82 Å². The van der Waals surface area contributed by atoms with E-state index in [2.05, 4.69) is 10.1 Å². The first-order valence-corrected chi connectivity index (χ1v) is 5.99. The molecule has 0 bridgehead atoms. The highest BCUT2D eigenvalue weighted by Crippen LogP contribution is 2.22. The first kappa shape index (κ1) is 13.9. The van der Waals surface area contributed by atoms with Crippen LogP contribution in [0.25, 0.3) is 0 Å². The summed E-state index contributed by atoms with van der Waals surface area (Å²) in [6.45, 7) is 0.277. The molecule has 0 aliphatic heterocycles. The number of hydrogen-bond donors (Lipinski definition) is 1. The second kappa shape index (κ2) is 6.10. The zero-order valence-corrected chi connectivity index (χ0v) is 11.0. The van der Waals surface area contributed by atoms with Gasteiger partial charge in [-0.15, -0.1) is 0 Å². The monoisotopic (exact) mass is 285 g/mol. The smallest absolute Gasteiger partial charge is 0.231 e. The van der Waals surface area contributed by atoms with Crippen molar-refractivity contribution in [3.63, 3.8) is 0 Å². The second-order valence-corrected chi connectivity index (χ2v) is 4.39. The molecule has 7 heteroatoms. The Morgan fingerprint density at radius 3 is 3.00 bits per heavy atom. The highest BCUT2D eigenvalue weighted by atomic mass is 35.5. The molecule has 1 aromatic carbocycles. The predicted molar refractivity (Wildman–Crippen MR) is 67.3 cm³/mol. The average Bonchev–Trinajstić information content (AvgIpc) is 2.83. The minimum Gasteiger partial charge on any atom is -0.383 e. The van der Waals surface area contributed by atoms with Crippen molar-refractivity contribution in [2.24, 2.45) is 5.73 Å². The van der Waals surface area contributed by atoms with Crippen molar-refractivity contribution in [2.75, 3.05) is 13.7 Å². The highest BCUT2D eigenvalue weighted by molar-refractivity contribution is 6.31. The normalized spacial score (nSPS) is 12.6. The van der Waals surface area contributed by atoms with E-state index in [1.165, 1.54) is 19.2 Å². The Bertz CT molecular complexity index is 541. The molecule has 0 saturated carbocycles. The number of hydrogen-bond acceptors (Lipinski definition) is 5. The van der Waals surface area contributed by atoms with Gasteiger partial charge in [0, 0.05) is 17.7 Å². The van der Waals surface area contributed by atoms with Crippen molar-refractivity contribution in [1.82, 2.24) is 10.1 Å². The molecule has 1 unspecified atom stereocenters. The molecular weight excluding hydrogens is 273 g/mol. The van der Waals surface area contributed by atoms with Gasteiger partial charge in [0.05, 0.1) is 19.1 Å². The molecule has 0 saturated heterocycles. The van der Waals surface area contributed by atoms with Gasteiger partial charge >= 0.3 is 0 Å². The number of ether oxygens (including phenoxy) is 1. The van der Waals surface area contributed by atoms with Crippen LogP contribution in [-0.2, 0) is 11.2 Å². The molecule has 0 amide bonds. The van der Waals surface area contributed by atoms with Crippen LogP contribution >= 0.6 is 11.6 Å². The molecule has 2 rings (SSSR count). The van der Waals surface area contributed by atoms with Crippen LogP contribution in [0.3, 0.4) is 0 Å². The Hall–Kier alpha value is -1.50. The highest BCUT2D eigenvalue weighted by Gasteiger charge is 2.16. The first-order chi connectivity index (χ1) is 9.11. The lowest BCUT2D eigenvalue weighted by atomic mass is 10.1. The van der Waals surface area contributed by atoms with Crippen LogP contribution in [0, 0.1) is 5.82 Å². The van der Waals surface area contributed by atoms with Gasteiger partial charge in [-0.2, -0.15) is 4.98 Å². The van der Waals surface area contributed by atoms with E-state index in [4.69, 9.17) is 26.6 Å². The van der Waals surface area contributed by atoms with Crippen molar-refractivity contribution in [3.8, 4) is 0 Å². The lowest BCUT2D eigenvalue weighted by Crippen LogP contribution is -2.17. The molecule has 1 aromatic heterocycles. The quantitative estimate of drug-likeness (QED) is 0.910. The van der Waals surface area contributed by atoms with Gasteiger partial charge in [0.25, 0.3) is 0 Å². The molecule has 0 fully saturated rings. The summed E-state index contributed by atoms with van der Waals surface area (Å²) in [7, 11) is 1.53. The number of methoxy groups -OCH3 is 1. The Balaban J connectivity index is 2.16. The molecule has 5 nitrogen and oxygen atoms in total. The lowest BCUT2D eigenvalue weighted by Gasteiger charge is -2.03. The Labute approximate surface area is 114 Å². The third-order valence-corrected chi connectivity index (χ3v) is 2.91. The van der Waals surface area contributed by atoms with E-state index < -0.39 is 11.9 Å². The van der Waals surface area contributed by atoms with E-state index in [9.17, 15) is 4.39 Å². The summed E-state index contributed by atoms with van der Waals surface area (Å²) in [5.41, 5.74) is 6.08. The zero-order valence-electron chi connectivity index (χ0n) is 10.3. The summed E-state index contributed by atoms with van der Waals surface area (Å²) in [5.74, 6) is 0.173. The SMILES string of the molecule is COCC(N)c1noc(Cc2c(F)cccc2Cl)n1. The summed E-state index contributed by atoms with van der Waals surface area (Å²) in [5, 5.41) is 4.05. The van der Waals surface area contributed by atoms with Gasteiger partial charge in [0.2, 0.25) is 5.89 Å². The van der Waals surface area contributed by atoms with E-state index in [0.29, 0.717) is 16.4 Å². The van der Waals surface area contributed by atoms with Gasteiger partial charge in [-0.05, 0) is 12.1 Å². The fourth-order valence-corrected chi connectivity index (χ4v) is 1.83. The van der Waals surface area contributed by atoms with Crippen LogP contribution in [-0.4, -0.2) is 23.9 Å². The van der Waals surface area contributed by atoms with Gasteiger partial charge in [-0.1, -0.05) is 22.8 Å². The molecule has 0 radical (unpaired) electrons. The Kier molecular flexibility index (Phi) is 4.47. The van der Waals surface area contributed by atoms with Crippen LogP contribution in [0.2, 0.25) is 5.02 Å². The topological polar surface area (TPSA) is 74.2 Å². The summed E-state index contributed by atoms with van der Waals surface area (Å²) < 4.78 is 23.5. The molecule has 0 spiro atoms. The number of halogens is 2. The molecule has 2 N–H and O–H groups in total. The summed E-state index contributed by atoms with van der Waals surface area (Å²) >= 11 is 5.92. The van der Waals surface area contributed by atoms with Crippen molar-refractivity contribution in [2.45, 2.75) is 12.5 Å². The van der Waals surface area contributed by atoms with Crippen LogP contribution in [0.1, 0.15) is 23.3 Å². The lowest BCUT2D eigenvalue weighted by molar-refractivity contribution is 0.177.